The summed E-state index contributed by atoms with van der Waals surface area (Å²) in [5, 5.41) is 55.1. The lowest BCUT2D eigenvalue weighted by molar-refractivity contribution is -0.302. The van der Waals surface area contributed by atoms with E-state index in [1.807, 2.05) is 0 Å². The molecule has 6 N–H and O–H groups in total. The predicted octanol–water partition coefficient (Wildman–Crippen LogP) is 22.4. The lowest BCUT2D eigenvalue weighted by atomic mass is 9.99. The molecular formula is C78H155NO8. The minimum atomic E-state index is -1.55. The topological polar surface area (TPSA) is 149 Å². The summed E-state index contributed by atoms with van der Waals surface area (Å²) in [5.41, 5.74) is 0. The van der Waals surface area contributed by atoms with Crippen LogP contribution in [0.1, 0.15) is 438 Å². The fourth-order valence-corrected chi connectivity index (χ4v) is 13.5. The van der Waals surface area contributed by atoms with Gasteiger partial charge in [-0.3, -0.25) is 4.79 Å². The molecule has 1 rings (SSSR count). The molecule has 1 fully saturated rings. The van der Waals surface area contributed by atoms with Gasteiger partial charge in [0.25, 0.3) is 0 Å². The second-order valence-electron chi connectivity index (χ2n) is 28.2. The van der Waals surface area contributed by atoms with Crippen LogP contribution in [0, 0.1) is 0 Å². The van der Waals surface area contributed by atoms with E-state index in [1.165, 1.54) is 372 Å². The Bertz CT molecular complexity index is 1340. The van der Waals surface area contributed by atoms with Gasteiger partial charge in [0.1, 0.15) is 24.4 Å². The zero-order valence-electron chi connectivity index (χ0n) is 58.6. The van der Waals surface area contributed by atoms with Crippen molar-refractivity contribution in [1.29, 1.82) is 0 Å². The Morgan fingerprint density at radius 2 is 0.575 bits per heavy atom. The molecule has 0 bridgehead atoms. The van der Waals surface area contributed by atoms with Gasteiger partial charge in [0, 0.05) is 6.42 Å². The molecule has 1 saturated heterocycles. The number of nitrogens with one attached hydrogen (secondary N) is 1. The van der Waals surface area contributed by atoms with Crippen LogP contribution in [0.4, 0.5) is 0 Å². The van der Waals surface area contributed by atoms with E-state index in [1.54, 1.807) is 0 Å². The second kappa shape index (κ2) is 68.1. The molecule has 0 aromatic rings. The van der Waals surface area contributed by atoms with Crippen LogP contribution in [-0.2, 0) is 14.3 Å². The summed E-state index contributed by atoms with van der Waals surface area (Å²) in [7, 11) is 0. The average Bonchev–Trinajstić information content (AvgIpc) is 3.37. The molecule has 0 spiro atoms. The second-order valence-corrected chi connectivity index (χ2v) is 28.2. The minimum Gasteiger partial charge on any atom is -0.394 e. The molecule has 7 unspecified atom stereocenters. The maximum atomic E-state index is 13.2. The zero-order chi connectivity index (χ0) is 62.8. The molecule has 7 atom stereocenters. The maximum absolute atomic E-state index is 13.2. The molecule has 520 valence electrons. The van der Waals surface area contributed by atoms with Gasteiger partial charge in [0.2, 0.25) is 5.91 Å². The lowest BCUT2D eigenvalue weighted by Gasteiger charge is -2.40. The van der Waals surface area contributed by atoms with Crippen LogP contribution in [0.3, 0.4) is 0 Å². The van der Waals surface area contributed by atoms with Crippen molar-refractivity contribution in [2.75, 3.05) is 13.2 Å². The van der Waals surface area contributed by atoms with Gasteiger partial charge >= 0.3 is 0 Å². The van der Waals surface area contributed by atoms with Gasteiger partial charge in [-0.15, -0.1) is 0 Å². The molecule has 0 aromatic heterocycles. The van der Waals surface area contributed by atoms with Crippen molar-refractivity contribution in [2.24, 2.45) is 0 Å². The van der Waals surface area contributed by atoms with Gasteiger partial charge in [-0.05, 0) is 12.8 Å². The molecule has 9 heteroatoms. The van der Waals surface area contributed by atoms with Crippen LogP contribution < -0.4 is 5.32 Å². The van der Waals surface area contributed by atoms with Crippen LogP contribution in [-0.4, -0.2) is 87.5 Å². The molecule has 1 aliphatic heterocycles. The number of unbranched alkanes of at least 4 members (excludes halogenated alkanes) is 62. The Labute approximate surface area is 542 Å². The number of carbonyl (C=O) groups excluding carboxylic acids is 1. The minimum absolute atomic E-state index is 0.130. The molecule has 0 saturated carbocycles. The third kappa shape index (κ3) is 56.5. The zero-order valence-corrected chi connectivity index (χ0v) is 58.6. The molecule has 1 amide bonds. The van der Waals surface area contributed by atoms with E-state index >= 15 is 0 Å². The number of aliphatic hydroxyl groups excluding tert-OH is 5. The number of carbonyl (C=O) groups is 1. The third-order valence-electron chi connectivity index (χ3n) is 19.7. The van der Waals surface area contributed by atoms with Gasteiger partial charge in [0.15, 0.2) is 6.29 Å². The molecule has 0 aliphatic carbocycles. The van der Waals surface area contributed by atoms with Crippen molar-refractivity contribution in [1.82, 2.24) is 5.32 Å². The SMILES string of the molecule is CCCCCCCCCCCCCCCCCCCCCCCCCCCCCCCCCCCCCCCC(=O)NC(COC1OC(CO)C(O)C(O)C1O)C(O)CCCCCCCCCCCCCCCCCCCCCCCCCCCCC. The summed E-state index contributed by atoms with van der Waals surface area (Å²) < 4.78 is 11.4. The van der Waals surface area contributed by atoms with Crippen molar-refractivity contribution < 1.29 is 39.8 Å². The van der Waals surface area contributed by atoms with E-state index in [9.17, 15) is 30.3 Å². The summed E-state index contributed by atoms with van der Waals surface area (Å²) >= 11 is 0. The van der Waals surface area contributed by atoms with E-state index in [-0.39, 0.29) is 12.5 Å². The lowest BCUT2D eigenvalue weighted by Crippen LogP contribution is -2.60. The van der Waals surface area contributed by atoms with Crippen molar-refractivity contribution >= 4 is 5.91 Å². The van der Waals surface area contributed by atoms with E-state index in [0.717, 1.165) is 38.5 Å². The van der Waals surface area contributed by atoms with Crippen molar-refractivity contribution in [2.45, 2.75) is 480 Å². The van der Waals surface area contributed by atoms with Crippen LogP contribution in [0.25, 0.3) is 0 Å². The van der Waals surface area contributed by atoms with Crippen molar-refractivity contribution in [3.05, 3.63) is 0 Å². The van der Waals surface area contributed by atoms with E-state index in [0.29, 0.717) is 12.8 Å². The fourth-order valence-electron chi connectivity index (χ4n) is 13.5. The number of hydrogen-bond donors (Lipinski definition) is 6. The Hall–Kier alpha value is -0.810. The van der Waals surface area contributed by atoms with Crippen LogP contribution >= 0.6 is 0 Å². The number of hydrogen-bond acceptors (Lipinski definition) is 8. The fraction of sp³-hybridized carbons (Fsp3) is 0.987. The van der Waals surface area contributed by atoms with E-state index in [2.05, 4.69) is 19.2 Å². The molecule has 87 heavy (non-hydrogen) atoms. The van der Waals surface area contributed by atoms with Gasteiger partial charge < -0.3 is 40.3 Å². The number of ether oxygens (including phenoxy) is 2. The molecule has 0 radical (unpaired) electrons. The Balaban J connectivity index is 2.03. The molecular weight excluding hydrogens is 1080 g/mol. The normalized spacial score (nSPS) is 17.8. The molecule has 0 aromatic carbocycles. The highest BCUT2D eigenvalue weighted by molar-refractivity contribution is 5.76. The first-order chi connectivity index (χ1) is 42.8. The Morgan fingerprint density at radius 3 is 0.816 bits per heavy atom. The first-order valence-electron chi connectivity index (χ1n) is 39.7. The largest absolute Gasteiger partial charge is 0.394 e. The molecule has 9 nitrogen and oxygen atoms in total. The van der Waals surface area contributed by atoms with E-state index < -0.39 is 49.5 Å². The highest BCUT2D eigenvalue weighted by Gasteiger charge is 2.44. The van der Waals surface area contributed by atoms with E-state index in [4.69, 9.17) is 9.47 Å². The summed E-state index contributed by atoms with van der Waals surface area (Å²) in [6.45, 7) is 3.92. The van der Waals surface area contributed by atoms with Gasteiger partial charge in [-0.25, -0.2) is 0 Å². The van der Waals surface area contributed by atoms with Gasteiger partial charge in [-0.2, -0.15) is 0 Å². The van der Waals surface area contributed by atoms with Gasteiger partial charge in [0.05, 0.1) is 25.4 Å². The first kappa shape index (κ1) is 84.2. The highest BCUT2D eigenvalue weighted by atomic mass is 16.7. The van der Waals surface area contributed by atoms with Crippen LogP contribution in [0.2, 0.25) is 0 Å². The molecule has 1 aliphatic rings. The average molecular weight is 1240 g/mol. The smallest absolute Gasteiger partial charge is 0.220 e. The quantitative estimate of drug-likeness (QED) is 0.0330. The number of rotatable bonds is 72. The summed E-state index contributed by atoms with van der Waals surface area (Å²) in [6, 6.07) is -0.716. The maximum Gasteiger partial charge on any atom is 0.220 e. The van der Waals surface area contributed by atoms with Crippen LogP contribution in [0.5, 0.6) is 0 Å². The summed E-state index contributed by atoms with van der Waals surface area (Å²) in [4.78, 5) is 13.2. The monoisotopic (exact) mass is 1230 g/mol. The van der Waals surface area contributed by atoms with Crippen molar-refractivity contribution in [3.63, 3.8) is 0 Å². The number of amides is 1. The van der Waals surface area contributed by atoms with Gasteiger partial charge in [-0.1, -0.05) is 418 Å². The van der Waals surface area contributed by atoms with Crippen LogP contribution in [0.15, 0.2) is 0 Å². The third-order valence-corrected chi connectivity index (χ3v) is 19.7. The predicted molar refractivity (Wildman–Crippen MR) is 374 cm³/mol. The van der Waals surface area contributed by atoms with Crippen molar-refractivity contribution in [3.8, 4) is 0 Å². The summed E-state index contributed by atoms with van der Waals surface area (Å²) in [5.74, 6) is -0.132. The highest BCUT2D eigenvalue weighted by Crippen LogP contribution is 2.25. The summed E-state index contributed by atoms with van der Waals surface area (Å²) in [6.07, 6.45) is 80.8. The molecule has 1 heterocycles. The Morgan fingerprint density at radius 1 is 0.345 bits per heavy atom. The standard InChI is InChI=1S/C78H155NO8/c1-3-5-7-9-11-13-15-17-19-21-23-25-27-29-31-32-33-34-35-36-37-38-39-40-42-44-46-48-50-52-54-56-58-60-62-64-66-68-74(82)79-71(70-86-78-77(85)76(84)75(83)73(69-80)87-78)72(81)67-65-63-61-59-57-55-53-51-49-47-45-43-41-30-28-26-24-22-20-18-16-14-12-10-8-6-4-2/h71-73,75-78,80-81,83-85H,3-70H2,1-2H3,(H,79,82). The Kier molecular flexibility index (Phi) is 65.9. The first-order valence-corrected chi connectivity index (χ1v) is 39.7. The number of aliphatic hydroxyl groups is 5.